The summed E-state index contributed by atoms with van der Waals surface area (Å²) in [6.45, 7) is 8.89. The number of piperazine rings is 1. The third-order valence-corrected chi connectivity index (χ3v) is 12.4. The molecule has 0 bridgehead atoms. The Kier molecular flexibility index (Phi) is 12.1. The molecule has 3 aromatic carbocycles. The van der Waals surface area contributed by atoms with Gasteiger partial charge in [-0.2, -0.15) is 0 Å². The molecule has 5 heterocycles. The van der Waals surface area contributed by atoms with Gasteiger partial charge in [-0.1, -0.05) is 48.5 Å². The van der Waals surface area contributed by atoms with Crippen LogP contribution in [0.1, 0.15) is 83.1 Å². The summed E-state index contributed by atoms with van der Waals surface area (Å²) in [6, 6.07) is 20.7. The summed E-state index contributed by atoms with van der Waals surface area (Å²) in [7, 11) is 0. The number of nitrogens with zero attached hydrogens (tertiary/aromatic N) is 5. The number of allylic oxidation sites excluding steroid dienone is 2. The number of amides is 3. The zero-order valence-corrected chi connectivity index (χ0v) is 33.7. The van der Waals surface area contributed by atoms with E-state index in [1.165, 1.54) is 16.5 Å². The number of piperidine rings is 2. The van der Waals surface area contributed by atoms with Crippen molar-refractivity contribution in [3.63, 3.8) is 0 Å². The normalized spacial score (nSPS) is 21.5. The summed E-state index contributed by atoms with van der Waals surface area (Å²) in [4.78, 5) is 51.4. The van der Waals surface area contributed by atoms with E-state index in [0.717, 1.165) is 111 Å². The lowest BCUT2D eigenvalue weighted by Gasteiger charge is -2.38. The number of halogens is 1. The number of rotatable bonds is 12. The van der Waals surface area contributed by atoms with Crippen LogP contribution in [-0.4, -0.2) is 119 Å². The van der Waals surface area contributed by atoms with Crippen molar-refractivity contribution in [3.05, 3.63) is 124 Å². The van der Waals surface area contributed by atoms with Gasteiger partial charge in [0, 0.05) is 74.2 Å². The minimum absolute atomic E-state index is 0.118. The molecule has 0 aliphatic carbocycles. The fourth-order valence-electron chi connectivity index (χ4n) is 9.27. The minimum Gasteiger partial charge on any atom is -0.395 e. The first kappa shape index (κ1) is 40.3. The number of carbonyl (C=O) groups is 3. The van der Waals surface area contributed by atoms with Crippen molar-refractivity contribution in [2.75, 3.05) is 59.0 Å². The highest BCUT2D eigenvalue weighted by Crippen LogP contribution is 2.38. The number of aliphatic hydroxyl groups is 1. The number of hydrogen-bond acceptors (Lipinski definition) is 10. The zero-order valence-electron chi connectivity index (χ0n) is 33.7. The molecule has 3 amide bonds. The Hall–Kier alpha value is -5.50. The third-order valence-electron chi connectivity index (χ3n) is 12.4. The maximum Gasteiger partial charge on any atom is 0.255 e. The molecule has 0 aromatic heterocycles. The number of likely N-dealkylation sites (tertiary alicyclic amines) is 1. The Morgan fingerprint density at radius 1 is 0.898 bits per heavy atom. The van der Waals surface area contributed by atoms with E-state index in [4.69, 9.17) is 10.4 Å². The van der Waals surface area contributed by atoms with Gasteiger partial charge in [0.05, 0.1) is 12.3 Å². The van der Waals surface area contributed by atoms with E-state index in [0.29, 0.717) is 23.6 Å². The van der Waals surface area contributed by atoms with E-state index in [1.54, 1.807) is 13.0 Å². The van der Waals surface area contributed by atoms with Crippen LogP contribution >= 0.6 is 0 Å². The Morgan fingerprint density at radius 2 is 1.66 bits per heavy atom. The number of nitrogens with one attached hydrogen (secondary N) is 3. The topological polar surface area (TPSA) is 145 Å². The number of β-amino-alcohol motifs (C(OH)–C–C–N with tert-alkyl or cyclic N) is 1. The van der Waals surface area contributed by atoms with Crippen LogP contribution in [0.5, 0.6) is 0 Å². The molecule has 5 aliphatic rings. The van der Waals surface area contributed by atoms with Gasteiger partial charge in [-0.3, -0.25) is 24.6 Å². The molecule has 12 nitrogen and oxygen atoms in total. The number of aryl methyl sites for hydroxylation is 1. The van der Waals surface area contributed by atoms with Crippen molar-refractivity contribution in [2.45, 2.75) is 64.0 Å². The standard InChI is InChI=1S/C46H53FN8O4/c1-30(48)43(33-9-3-2-4-10-33)44-49-39(28-41(50-44)54-21-19-53(20-22-54)23-24-56)34-11-5-7-31(25-34)8-6-16-52-17-14-32(15-18-52)36-26-35(47)27-37-38(36)29-55(46(37)59)40-12-13-42(57)51-45(40)58/h2-5,7,9-11,25-28,32,40,48,50,56H,6,8,12-24,29H2,1H3,(H,51,57,58)/b44-43+,48-30?. The lowest BCUT2D eigenvalue weighted by atomic mass is 9.85. The SMILES string of the molecule is CC(=N)/C(=C1/N=C(c2cccc(CCCN3CCC(c4cc(F)cc5c4CN(C4CCC(=O)NC4=O)C5=O)CC3)c2)C=C(N2CCN(CCO)CC2)N1)c1ccccc1. The van der Waals surface area contributed by atoms with Crippen LogP contribution in [-0.2, 0) is 22.6 Å². The Balaban J connectivity index is 0.925. The van der Waals surface area contributed by atoms with Crippen LogP contribution in [0.3, 0.4) is 0 Å². The van der Waals surface area contributed by atoms with Gasteiger partial charge in [-0.15, -0.1) is 0 Å². The predicted molar refractivity (Wildman–Crippen MR) is 225 cm³/mol. The molecular weight excluding hydrogens is 748 g/mol. The number of carbonyl (C=O) groups excluding carboxylic acids is 3. The van der Waals surface area contributed by atoms with E-state index < -0.39 is 17.8 Å². The largest absolute Gasteiger partial charge is 0.395 e. The van der Waals surface area contributed by atoms with E-state index in [1.807, 2.05) is 30.3 Å². The second-order valence-corrected chi connectivity index (χ2v) is 16.3. The van der Waals surface area contributed by atoms with Crippen molar-refractivity contribution < 1.29 is 23.9 Å². The average Bonchev–Trinajstić information content (AvgIpc) is 3.56. The monoisotopic (exact) mass is 800 g/mol. The van der Waals surface area contributed by atoms with Crippen LogP contribution in [0.4, 0.5) is 4.39 Å². The molecule has 0 radical (unpaired) electrons. The molecular formula is C46H53FN8O4. The molecule has 0 spiro atoms. The van der Waals surface area contributed by atoms with E-state index >= 15 is 0 Å². The summed E-state index contributed by atoms with van der Waals surface area (Å²) in [5, 5.41) is 24.1. The van der Waals surface area contributed by atoms with Crippen LogP contribution in [0.15, 0.2) is 89.4 Å². The highest BCUT2D eigenvalue weighted by Gasteiger charge is 2.41. The summed E-state index contributed by atoms with van der Waals surface area (Å²) < 4.78 is 15.0. The summed E-state index contributed by atoms with van der Waals surface area (Å²) >= 11 is 0. The van der Waals surface area contributed by atoms with Crippen molar-refractivity contribution in [2.24, 2.45) is 4.99 Å². The molecule has 0 saturated carbocycles. The maximum absolute atomic E-state index is 15.0. The molecule has 3 saturated heterocycles. The predicted octanol–water partition coefficient (Wildman–Crippen LogP) is 4.65. The summed E-state index contributed by atoms with van der Waals surface area (Å²) in [6.07, 6.45) is 6.16. The van der Waals surface area contributed by atoms with Crippen LogP contribution in [0, 0.1) is 11.2 Å². The van der Waals surface area contributed by atoms with E-state index in [2.05, 4.69) is 55.7 Å². The lowest BCUT2D eigenvalue weighted by molar-refractivity contribution is -0.136. The number of aliphatic hydroxyl groups excluding tert-OH is 1. The molecule has 13 heteroatoms. The Morgan fingerprint density at radius 3 is 2.39 bits per heavy atom. The fraction of sp³-hybridized carbons (Fsp3) is 0.413. The van der Waals surface area contributed by atoms with Gasteiger partial charge in [-0.05, 0) is 105 Å². The molecule has 3 aromatic rings. The molecule has 1 atom stereocenters. The first-order valence-electron chi connectivity index (χ1n) is 20.9. The third kappa shape index (κ3) is 8.92. The maximum atomic E-state index is 15.0. The average molecular weight is 801 g/mol. The first-order chi connectivity index (χ1) is 28.6. The van der Waals surface area contributed by atoms with Gasteiger partial charge in [0.15, 0.2) is 0 Å². The highest BCUT2D eigenvalue weighted by molar-refractivity contribution is 6.23. The molecule has 1 unspecified atom stereocenters. The molecule has 8 rings (SSSR count). The number of benzene rings is 3. The lowest BCUT2D eigenvalue weighted by Crippen LogP contribution is -2.52. The van der Waals surface area contributed by atoms with Crippen molar-refractivity contribution in [3.8, 4) is 0 Å². The minimum atomic E-state index is -0.726. The second kappa shape index (κ2) is 17.8. The smallest absolute Gasteiger partial charge is 0.255 e. The van der Waals surface area contributed by atoms with Gasteiger partial charge in [0.2, 0.25) is 11.8 Å². The molecule has 3 fully saturated rings. The molecule has 4 N–H and O–H groups in total. The van der Waals surface area contributed by atoms with Gasteiger partial charge >= 0.3 is 0 Å². The molecule has 5 aliphatic heterocycles. The van der Waals surface area contributed by atoms with Gasteiger partial charge in [0.25, 0.3) is 5.91 Å². The number of aliphatic imine (C=N–C) groups is 1. The highest BCUT2D eigenvalue weighted by atomic mass is 19.1. The van der Waals surface area contributed by atoms with E-state index in [9.17, 15) is 23.9 Å². The van der Waals surface area contributed by atoms with Gasteiger partial charge < -0.3 is 30.5 Å². The van der Waals surface area contributed by atoms with Gasteiger partial charge in [-0.25, -0.2) is 9.38 Å². The second-order valence-electron chi connectivity index (χ2n) is 16.3. The fourth-order valence-corrected chi connectivity index (χ4v) is 9.27. The summed E-state index contributed by atoms with van der Waals surface area (Å²) in [5.41, 5.74) is 7.23. The van der Waals surface area contributed by atoms with Crippen molar-refractivity contribution in [1.29, 1.82) is 5.41 Å². The Bertz CT molecular complexity index is 2200. The molecule has 308 valence electrons. The number of imide groups is 1. The van der Waals surface area contributed by atoms with Crippen LogP contribution < -0.4 is 10.6 Å². The van der Waals surface area contributed by atoms with E-state index in [-0.39, 0.29) is 43.7 Å². The van der Waals surface area contributed by atoms with Crippen LogP contribution in [0.2, 0.25) is 0 Å². The first-order valence-corrected chi connectivity index (χ1v) is 20.9. The number of fused-ring (bicyclic) bond motifs is 1. The summed E-state index contributed by atoms with van der Waals surface area (Å²) in [5.74, 6) is 0.158. The van der Waals surface area contributed by atoms with Crippen molar-refractivity contribution >= 4 is 34.7 Å². The Labute approximate surface area is 345 Å². The number of hydrogen-bond donors (Lipinski definition) is 4. The van der Waals surface area contributed by atoms with Crippen molar-refractivity contribution in [1.82, 2.24) is 30.2 Å². The zero-order chi connectivity index (χ0) is 41.0. The van der Waals surface area contributed by atoms with Gasteiger partial charge in [0.1, 0.15) is 23.5 Å². The quantitative estimate of drug-likeness (QED) is 0.153. The van der Waals surface area contributed by atoms with Crippen LogP contribution in [0.25, 0.3) is 5.57 Å². The molecule has 59 heavy (non-hydrogen) atoms.